The molecule has 3 aliphatic rings. The summed E-state index contributed by atoms with van der Waals surface area (Å²) in [5.74, 6) is -0.561. The zero-order chi connectivity index (χ0) is 15.8. The van der Waals surface area contributed by atoms with Crippen molar-refractivity contribution in [1.29, 1.82) is 0 Å². The van der Waals surface area contributed by atoms with Gasteiger partial charge >= 0.3 is 0 Å². The Morgan fingerprint density at radius 1 is 1.05 bits per heavy atom. The maximum Gasteiger partial charge on any atom is 0.111 e. The van der Waals surface area contributed by atoms with E-state index in [0.717, 1.165) is 0 Å². The highest BCUT2D eigenvalue weighted by Gasteiger charge is 2.78. The van der Waals surface area contributed by atoms with Crippen molar-refractivity contribution in [3.8, 4) is 0 Å². The summed E-state index contributed by atoms with van der Waals surface area (Å²) >= 11 is 0. The Balaban J connectivity index is 2.22. The molecule has 2 saturated carbocycles. The predicted molar refractivity (Wildman–Crippen MR) is 73.3 cm³/mol. The van der Waals surface area contributed by atoms with Crippen LogP contribution in [0.5, 0.6) is 0 Å². The Morgan fingerprint density at radius 3 is 2.24 bits per heavy atom. The number of fused-ring (bicyclic) bond motifs is 1. The van der Waals surface area contributed by atoms with Gasteiger partial charge in [0.1, 0.15) is 5.60 Å². The molecule has 0 aromatic rings. The molecule has 0 amide bonds. The summed E-state index contributed by atoms with van der Waals surface area (Å²) in [5, 5.41) is 52.3. The van der Waals surface area contributed by atoms with Crippen LogP contribution in [0.4, 0.5) is 0 Å². The molecule has 2 bridgehead atoms. The number of hydrogen-bond acceptors (Lipinski definition) is 6. The molecule has 2 aliphatic carbocycles. The molecule has 1 aliphatic heterocycles. The molecule has 1 heterocycles. The molecule has 3 fully saturated rings. The van der Waals surface area contributed by atoms with Crippen LogP contribution in [0.2, 0.25) is 0 Å². The first-order valence-electron chi connectivity index (χ1n) is 7.68. The molecule has 1 spiro atoms. The van der Waals surface area contributed by atoms with Crippen LogP contribution < -0.4 is 0 Å². The lowest BCUT2D eigenvalue weighted by Crippen LogP contribution is -2.76. The standard InChI is InChI=1S/C15H26O6/c1-7-4-9(17)12(20)14(6-16)10(18)5-8-11(19)15(7,14)21-13(8,2)3/h7-12,16-20H,4-6H2,1-3H3/t7-,8-,9+,10+,11-,12+,14-,15-/m0/s1. The van der Waals surface area contributed by atoms with Gasteiger partial charge in [-0.15, -0.1) is 0 Å². The summed E-state index contributed by atoms with van der Waals surface area (Å²) in [6.07, 6.45) is -3.82. The lowest BCUT2D eigenvalue weighted by molar-refractivity contribution is -0.315. The van der Waals surface area contributed by atoms with E-state index in [-0.39, 0.29) is 24.7 Å². The molecule has 8 atom stereocenters. The van der Waals surface area contributed by atoms with Gasteiger partial charge in [-0.05, 0) is 32.6 Å². The zero-order valence-corrected chi connectivity index (χ0v) is 12.7. The largest absolute Gasteiger partial charge is 0.395 e. The van der Waals surface area contributed by atoms with Gasteiger partial charge in [0.05, 0.1) is 42.0 Å². The minimum Gasteiger partial charge on any atom is -0.395 e. The van der Waals surface area contributed by atoms with E-state index in [4.69, 9.17) is 4.74 Å². The van der Waals surface area contributed by atoms with Gasteiger partial charge in [0, 0.05) is 5.92 Å². The van der Waals surface area contributed by atoms with E-state index < -0.39 is 47.6 Å². The van der Waals surface area contributed by atoms with Crippen LogP contribution in [0, 0.1) is 17.3 Å². The third-order valence-electron chi connectivity index (χ3n) is 6.43. The van der Waals surface area contributed by atoms with E-state index in [2.05, 4.69) is 0 Å². The number of ether oxygens (including phenoxy) is 1. The lowest BCUT2D eigenvalue weighted by Gasteiger charge is -2.62. The van der Waals surface area contributed by atoms with Crippen molar-refractivity contribution in [2.24, 2.45) is 17.3 Å². The van der Waals surface area contributed by atoms with Gasteiger partial charge in [-0.2, -0.15) is 0 Å². The molecule has 21 heavy (non-hydrogen) atoms. The lowest BCUT2D eigenvalue weighted by atomic mass is 9.48. The molecule has 0 aromatic heterocycles. The summed E-state index contributed by atoms with van der Waals surface area (Å²) in [6, 6.07) is 0. The molecule has 5 N–H and O–H groups in total. The second-order valence-electron chi connectivity index (χ2n) is 7.65. The Kier molecular flexibility index (Phi) is 3.28. The van der Waals surface area contributed by atoms with Crippen molar-refractivity contribution in [3.63, 3.8) is 0 Å². The minimum atomic E-state index is -1.46. The Labute approximate surface area is 124 Å². The van der Waals surface area contributed by atoms with E-state index in [1.165, 1.54) is 0 Å². The van der Waals surface area contributed by atoms with Gasteiger partial charge in [0.25, 0.3) is 0 Å². The minimum absolute atomic E-state index is 0.229. The van der Waals surface area contributed by atoms with Gasteiger partial charge in [-0.3, -0.25) is 0 Å². The van der Waals surface area contributed by atoms with Crippen LogP contribution in [-0.2, 0) is 4.74 Å². The first kappa shape index (κ1) is 15.6. The summed E-state index contributed by atoms with van der Waals surface area (Å²) in [7, 11) is 0. The van der Waals surface area contributed by atoms with E-state index in [0.29, 0.717) is 0 Å². The Bertz CT molecular complexity index is 440. The highest BCUT2D eigenvalue weighted by Crippen LogP contribution is 2.65. The molecule has 6 nitrogen and oxygen atoms in total. The average Bonchev–Trinajstić information content (AvgIpc) is 2.54. The Morgan fingerprint density at radius 2 is 1.67 bits per heavy atom. The Hall–Kier alpha value is -0.240. The fourth-order valence-electron chi connectivity index (χ4n) is 5.36. The number of hydrogen-bond donors (Lipinski definition) is 5. The SMILES string of the molecule is C[C@H]1C[C@@H](O)[C@@H](O)[C@]2(CO)[C@H](O)C[C@H]3[C@H](O)[C@@]12OC3(C)C. The van der Waals surface area contributed by atoms with Crippen LogP contribution in [0.25, 0.3) is 0 Å². The van der Waals surface area contributed by atoms with Crippen molar-refractivity contribution in [3.05, 3.63) is 0 Å². The van der Waals surface area contributed by atoms with Gasteiger partial charge in [-0.1, -0.05) is 6.92 Å². The van der Waals surface area contributed by atoms with E-state index in [1.807, 2.05) is 20.8 Å². The summed E-state index contributed by atoms with van der Waals surface area (Å²) < 4.78 is 6.23. The first-order valence-corrected chi connectivity index (χ1v) is 7.68. The monoisotopic (exact) mass is 302 g/mol. The fourth-order valence-corrected chi connectivity index (χ4v) is 5.36. The van der Waals surface area contributed by atoms with Crippen LogP contribution in [0.3, 0.4) is 0 Å². The van der Waals surface area contributed by atoms with Gasteiger partial charge in [0.2, 0.25) is 0 Å². The predicted octanol–water partition coefficient (Wildman–Crippen LogP) is -0.984. The molecule has 1 saturated heterocycles. The van der Waals surface area contributed by atoms with Crippen molar-refractivity contribution in [2.75, 3.05) is 6.61 Å². The molecule has 6 heteroatoms. The molecular formula is C15H26O6. The van der Waals surface area contributed by atoms with Crippen molar-refractivity contribution in [1.82, 2.24) is 0 Å². The highest BCUT2D eigenvalue weighted by molar-refractivity contribution is 5.26. The van der Waals surface area contributed by atoms with Crippen molar-refractivity contribution in [2.45, 2.75) is 69.2 Å². The second kappa shape index (κ2) is 4.40. The quantitative estimate of drug-likeness (QED) is 0.426. The van der Waals surface area contributed by atoms with Crippen LogP contribution in [0.15, 0.2) is 0 Å². The molecule has 0 unspecified atom stereocenters. The summed E-state index contributed by atoms with van der Waals surface area (Å²) in [5.41, 5.74) is -3.37. The number of aliphatic hydroxyl groups excluding tert-OH is 5. The maximum absolute atomic E-state index is 10.9. The zero-order valence-electron chi connectivity index (χ0n) is 12.7. The number of aliphatic hydroxyl groups is 5. The second-order valence-corrected chi connectivity index (χ2v) is 7.65. The highest BCUT2D eigenvalue weighted by atomic mass is 16.6. The van der Waals surface area contributed by atoms with Crippen molar-refractivity contribution >= 4 is 0 Å². The van der Waals surface area contributed by atoms with E-state index in [1.54, 1.807) is 0 Å². The summed E-state index contributed by atoms with van der Waals surface area (Å²) in [4.78, 5) is 0. The molecular weight excluding hydrogens is 276 g/mol. The van der Waals surface area contributed by atoms with Crippen molar-refractivity contribution < 1.29 is 30.3 Å². The molecule has 0 aromatic carbocycles. The van der Waals surface area contributed by atoms with Gasteiger partial charge < -0.3 is 30.3 Å². The number of rotatable bonds is 1. The van der Waals surface area contributed by atoms with E-state index in [9.17, 15) is 25.5 Å². The van der Waals surface area contributed by atoms with E-state index >= 15 is 0 Å². The molecule has 3 rings (SSSR count). The average molecular weight is 302 g/mol. The third kappa shape index (κ3) is 1.53. The first-order chi connectivity index (χ1) is 9.65. The normalized spacial score (nSPS) is 58.9. The maximum atomic E-state index is 10.9. The molecule has 122 valence electrons. The smallest absolute Gasteiger partial charge is 0.111 e. The van der Waals surface area contributed by atoms with Gasteiger partial charge in [0.15, 0.2) is 0 Å². The van der Waals surface area contributed by atoms with Crippen LogP contribution >= 0.6 is 0 Å². The topological polar surface area (TPSA) is 110 Å². The summed E-state index contributed by atoms with van der Waals surface area (Å²) in [6.45, 7) is 5.01. The van der Waals surface area contributed by atoms with Crippen LogP contribution in [0.1, 0.15) is 33.6 Å². The van der Waals surface area contributed by atoms with Gasteiger partial charge in [-0.25, -0.2) is 0 Å². The van der Waals surface area contributed by atoms with Crippen LogP contribution in [-0.4, -0.2) is 67.8 Å². The fraction of sp³-hybridized carbons (Fsp3) is 1.00. The molecule has 0 radical (unpaired) electrons. The third-order valence-corrected chi connectivity index (χ3v) is 6.43.